The molecule has 158 valence electrons. The number of aliphatic carboxylic acids is 1. The molecule has 2 aromatic rings. The number of carbonyl (C=O) groups excluding carboxylic acids is 2. The molecule has 30 heavy (non-hydrogen) atoms. The van der Waals surface area contributed by atoms with E-state index in [9.17, 15) is 14.4 Å². The Bertz CT molecular complexity index is 895. The molecule has 0 saturated carbocycles. The maximum atomic E-state index is 12.6. The molecule has 0 unspecified atom stereocenters. The number of carboxylic acids is 1. The largest absolute Gasteiger partial charge is 0.480 e. The van der Waals surface area contributed by atoms with E-state index < -0.39 is 18.6 Å². The van der Waals surface area contributed by atoms with E-state index in [2.05, 4.69) is 12.1 Å². The molecule has 0 bridgehead atoms. The minimum Gasteiger partial charge on any atom is -0.480 e. The van der Waals surface area contributed by atoms with Crippen molar-refractivity contribution in [2.45, 2.75) is 18.8 Å². The van der Waals surface area contributed by atoms with Gasteiger partial charge in [0, 0.05) is 33.0 Å². The fraction of sp³-hybridized carbons (Fsp3) is 0.348. The highest BCUT2D eigenvalue weighted by Crippen LogP contribution is 2.44. The minimum atomic E-state index is -1.12. The molecule has 7 heteroatoms. The summed E-state index contributed by atoms with van der Waals surface area (Å²) in [6, 6.07) is 16.0. The molecule has 2 amide bonds. The molecule has 0 saturated heterocycles. The van der Waals surface area contributed by atoms with Crippen LogP contribution in [0.15, 0.2) is 48.5 Å². The molecular weight excluding hydrogens is 384 g/mol. The van der Waals surface area contributed by atoms with Gasteiger partial charge in [0.2, 0.25) is 5.91 Å². The minimum absolute atomic E-state index is 0.0715. The van der Waals surface area contributed by atoms with Crippen LogP contribution in [0.3, 0.4) is 0 Å². The molecule has 0 heterocycles. The summed E-state index contributed by atoms with van der Waals surface area (Å²) < 4.78 is 5.54. The number of hydrogen-bond acceptors (Lipinski definition) is 4. The van der Waals surface area contributed by atoms with E-state index in [-0.39, 0.29) is 31.4 Å². The first-order valence-corrected chi connectivity index (χ1v) is 9.90. The smallest absolute Gasteiger partial charge is 0.410 e. The van der Waals surface area contributed by atoms with Crippen LogP contribution >= 0.6 is 0 Å². The van der Waals surface area contributed by atoms with Crippen LogP contribution in [-0.4, -0.2) is 66.7 Å². The Morgan fingerprint density at radius 2 is 1.53 bits per heavy atom. The molecule has 1 N–H and O–H groups in total. The molecule has 7 nitrogen and oxygen atoms in total. The van der Waals surface area contributed by atoms with Crippen molar-refractivity contribution in [1.82, 2.24) is 9.80 Å². The molecule has 0 atom stereocenters. The van der Waals surface area contributed by atoms with Gasteiger partial charge in [-0.15, -0.1) is 0 Å². The lowest BCUT2D eigenvalue weighted by Gasteiger charge is -2.22. The van der Waals surface area contributed by atoms with Gasteiger partial charge >= 0.3 is 12.1 Å². The van der Waals surface area contributed by atoms with Crippen molar-refractivity contribution in [1.29, 1.82) is 0 Å². The first-order valence-electron chi connectivity index (χ1n) is 9.90. The number of benzene rings is 2. The Morgan fingerprint density at radius 1 is 0.967 bits per heavy atom. The van der Waals surface area contributed by atoms with Crippen molar-refractivity contribution in [3.8, 4) is 11.1 Å². The van der Waals surface area contributed by atoms with Crippen molar-refractivity contribution < 1.29 is 24.2 Å². The number of carbonyl (C=O) groups is 3. The van der Waals surface area contributed by atoms with Gasteiger partial charge in [-0.25, -0.2) is 4.79 Å². The van der Waals surface area contributed by atoms with E-state index in [0.717, 1.165) is 27.2 Å². The molecule has 0 aromatic heterocycles. The normalized spacial score (nSPS) is 12.1. The Hall–Kier alpha value is -3.35. The lowest BCUT2D eigenvalue weighted by atomic mass is 9.98. The second-order valence-corrected chi connectivity index (χ2v) is 7.51. The van der Waals surface area contributed by atoms with Crippen LogP contribution in [0.4, 0.5) is 4.79 Å². The van der Waals surface area contributed by atoms with Crippen molar-refractivity contribution in [3.05, 3.63) is 59.7 Å². The second kappa shape index (κ2) is 9.43. The summed E-state index contributed by atoms with van der Waals surface area (Å²) in [5.41, 5.74) is 4.43. The van der Waals surface area contributed by atoms with Crippen LogP contribution in [-0.2, 0) is 14.3 Å². The zero-order valence-corrected chi connectivity index (χ0v) is 17.2. The van der Waals surface area contributed by atoms with Gasteiger partial charge in [-0.2, -0.15) is 0 Å². The topological polar surface area (TPSA) is 87.2 Å². The zero-order valence-electron chi connectivity index (χ0n) is 17.2. The Labute approximate surface area is 175 Å². The maximum Gasteiger partial charge on any atom is 0.410 e. The van der Waals surface area contributed by atoms with Gasteiger partial charge in [0.15, 0.2) is 0 Å². The number of hydrogen-bond donors (Lipinski definition) is 1. The average Bonchev–Trinajstić information content (AvgIpc) is 3.04. The number of amides is 2. The van der Waals surface area contributed by atoms with Gasteiger partial charge < -0.3 is 14.7 Å². The second-order valence-electron chi connectivity index (χ2n) is 7.51. The third-order valence-corrected chi connectivity index (χ3v) is 5.24. The highest BCUT2D eigenvalue weighted by Gasteiger charge is 2.30. The molecule has 0 aliphatic heterocycles. The highest BCUT2D eigenvalue weighted by molar-refractivity contribution is 5.80. The van der Waals surface area contributed by atoms with Crippen molar-refractivity contribution in [3.63, 3.8) is 0 Å². The molecule has 0 spiro atoms. The third-order valence-electron chi connectivity index (χ3n) is 5.24. The summed E-state index contributed by atoms with van der Waals surface area (Å²) in [7, 11) is 3.31. The van der Waals surface area contributed by atoms with E-state index in [1.807, 2.05) is 36.4 Å². The van der Waals surface area contributed by atoms with Gasteiger partial charge in [-0.05, 0) is 28.7 Å². The number of nitrogens with zero attached hydrogens (tertiary/aromatic N) is 2. The van der Waals surface area contributed by atoms with Crippen LogP contribution in [0, 0.1) is 0 Å². The predicted molar refractivity (Wildman–Crippen MR) is 112 cm³/mol. The monoisotopic (exact) mass is 410 g/mol. The first kappa shape index (κ1) is 21.4. The van der Waals surface area contributed by atoms with Gasteiger partial charge in [-0.3, -0.25) is 14.5 Å². The lowest BCUT2D eigenvalue weighted by molar-refractivity contribution is -0.138. The van der Waals surface area contributed by atoms with Crippen LogP contribution in [0.5, 0.6) is 0 Å². The molecule has 0 radical (unpaired) electrons. The number of carboxylic acid groups (broad SMARTS) is 1. The van der Waals surface area contributed by atoms with Crippen molar-refractivity contribution in [2.75, 3.05) is 33.8 Å². The number of ether oxygens (including phenoxy) is 1. The van der Waals surface area contributed by atoms with Gasteiger partial charge in [-0.1, -0.05) is 48.5 Å². The predicted octanol–water partition coefficient (Wildman–Crippen LogP) is 3.19. The SMILES string of the molecule is CN(C)C(=O)CCCN(CC(=O)O)C(=O)OCC1c2ccccc2-c2ccccc21. The van der Waals surface area contributed by atoms with E-state index in [1.165, 1.54) is 4.90 Å². The van der Waals surface area contributed by atoms with E-state index in [4.69, 9.17) is 9.84 Å². The summed E-state index contributed by atoms with van der Waals surface area (Å²) >= 11 is 0. The molecule has 1 aliphatic rings. The molecule has 0 fully saturated rings. The summed E-state index contributed by atoms with van der Waals surface area (Å²) in [6.07, 6.45) is -0.0783. The van der Waals surface area contributed by atoms with Gasteiger partial charge in [0.05, 0.1) is 0 Å². The Balaban J connectivity index is 1.66. The first-order chi connectivity index (χ1) is 14.4. The van der Waals surface area contributed by atoms with Gasteiger partial charge in [0.1, 0.15) is 13.2 Å². The van der Waals surface area contributed by atoms with Crippen molar-refractivity contribution >= 4 is 18.0 Å². The van der Waals surface area contributed by atoms with E-state index in [0.29, 0.717) is 6.42 Å². The number of rotatable bonds is 8. The number of fused-ring (bicyclic) bond motifs is 3. The highest BCUT2D eigenvalue weighted by atomic mass is 16.6. The molecule has 2 aromatic carbocycles. The fourth-order valence-corrected chi connectivity index (χ4v) is 3.73. The summed E-state index contributed by atoms with van der Waals surface area (Å²) in [6.45, 7) is -0.199. The Kier molecular flexibility index (Phi) is 6.72. The fourth-order valence-electron chi connectivity index (χ4n) is 3.73. The van der Waals surface area contributed by atoms with Crippen LogP contribution in [0.25, 0.3) is 11.1 Å². The summed E-state index contributed by atoms with van der Waals surface area (Å²) in [5.74, 6) is -1.29. The third kappa shape index (κ3) is 4.79. The average molecular weight is 410 g/mol. The van der Waals surface area contributed by atoms with E-state index in [1.54, 1.807) is 14.1 Å². The molecule has 3 rings (SSSR count). The standard InChI is InChI=1S/C23H26N2O5/c1-24(2)21(26)12-7-13-25(14-22(27)28)23(29)30-15-20-18-10-5-3-8-16(18)17-9-4-6-11-19(17)20/h3-6,8-11,20H,7,12-15H2,1-2H3,(H,27,28). The van der Waals surface area contributed by atoms with Crippen LogP contribution in [0.2, 0.25) is 0 Å². The Morgan fingerprint density at radius 3 is 2.07 bits per heavy atom. The van der Waals surface area contributed by atoms with Crippen LogP contribution in [0.1, 0.15) is 29.9 Å². The van der Waals surface area contributed by atoms with Gasteiger partial charge in [0.25, 0.3) is 0 Å². The van der Waals surface area contributed by atoms with Crippen molar-refractivity contribution in [2.24, 2.45) is 0 Å². The quantitative estimate of drug-likeness (QED) is 0.722. The van der Waals surface area contributed by atoms with E-state index >= 15 is 0 Å². The lowest BCUT2D eigenvalue weighted by Crippen LogP contribution is -2.38. The zero-order chi connectivity index (χ0) is 21.7. The summed E-state index contributed by atoms with van der Waals surface area (Å²) in [5, 5.41) is 9.15. The molecule has 1 aliphatic carbocycles. The molecular formula is C23H26N2O5. The summed E-state index contributed by atoms with van der Waals surface area (Å²) in [4.78, 5) is 38.1. The maximum absolute atomic E-state index is 12.6. The van der Waals surface area contributed by atoms with Crippen LogP contribution < -0.4 is 0 Å².